The van der Waals surface area contributed by atoms with Gasteiger partial charge in [0.15, 0.2) is 0 Å². The van der Waals surface area contributed by atoms with Crippen molar-refractivity contribution < 1.29 is 17.9 Å². The summed E-state index contributed by atoms with van der Waals surface area (Å²) in [6.45, 7) is 6.32. The van der Waals surface area contributed by atoms with Crippen LogP contribution in [0.25, 0.3) is 0 Å². The number of ether oxygens (including phenoxy) is 1. The van der Waals surface area contributed by atoms with E-state index in [1.807, 2.05) is 4.90 Å². The third-order valence-electron chi connectivity index (χ3n) is 5.46. The number of rotatable bonds is 6. The summed E-state index contributed by atoms with van der Waals surface area (Å²) in [5, 5.41) is 0. The van der Waals surface area contributed by atoms with Gasteiger partial charge < -0.3 is 9.64 Å². The molecule has 0 aromatic rings. The van der Waals surface area contributed by atoms with Gasteiger partial charge in [0.25, 0.3) is 0 Å². The molecule has 2 fully saturated rings. The van der Waals surface area contributed by atoms with Crippen molar-refractivity contribution in [2.75, 3.05) is 33.2 Å². The molecule has 6 heteroatoms. The van der Waals surface area contributed by atoms with E-state index in [1.54, 1.807) is 7.05 Å². The van der Waals surface area contributed by atoms with E-state index in [-0.39, 0.29) is 6.54 Å². The van der Waals surface area contributed by atoms with Gasteiger partial charge in [0.1, 0.15) is 6.04 Å². The number of likely N-dealkylation sites (N-methyl/N-ethyl adjacent to an activating group) is 1. The normalized spacial score (nSPS) is 30.9. The molecule has 0 bridgehead atoms. The molecule has 1 aliphatic carbocycles. The van der Waals surface area contributed by atoms with Crippen LogP contribution in [0.5, 0.6) is 0 Å². The third kappa shape index (κ3) is 6.19. The number of nitrogens with zero attached hydrogens (tertiary/aromatic N) is 2. The lowest BCUT2D eigenvalue weighted by Crippen LogP contribution is -2.57. The Morgan fingerprint density at radius 1 is 1.08 bits per heavy atom. The number of hydrogen-bond donors (Lipinski definition) is 0. The summed E-state index contributed by atoms with van der Waals surface area (Å²) >= 11 is 0. The maximum absolute atomic E-state index is 13.0. The van der Waals surface area contributed by atoms with E-state index in [0.29, 0.717) is 18.8 Å². The molecule has 1 heterocycles. The van der Waals surface area contributed by atoms with Crippen LogP contribution in [-0.4, -0.2) is 67.5 Å². The molecule has 0 amide bonds. The Labute approximate surface area is 144 Å². The zero-order valence-corrected chi connectivity index (χ0v) is 15.3. The highest BCUT2D eigenvalue weighted by Gasteiger charge is 2.44. The summed E-state index contributed by atoms with van der Waals surface area (Å²) in [6, 6.07) is -1.31. The molecule has 0 N–H and O–H groups in total. The Bertz CT molecular complexity index is 368. The van der Waals surface area contributed by atoms with Crippen LogP contribution in [0.1, 0.15) is 52.4 Å². The van der Waals surface area contributed by atoms with Crippen molar-refractivity contribution in [2.45, 2.75) is 76.8 Å². The molecule has 3 nitrogen and oxygen atoms in total. The third-order valence-corrected chi connectivity index (χ3v) is 5.46. The Balaban J connectivity index is 1.64. The van der Waals surface area contributed by atoms with Crippen molar-refractivity contribution in [3.63, 3.8) is 0 Å². The molecule has 0 unspecified atom stereocenters. The zero-order valence-electron chi connectivity index (χ0n) is 15.3. The van der Waals surface area contributed by atoms with Crippen molar-refractivity contribution in [3.05, 3.63) is 0 Å². The molecule has 2 rings (SSSR count). The quantitative estimate of drug-likeness (QED) is 0.722. The van der Waals surface area contributed by atoms with Gasteiger partial charge in [0.2, 0.25) is 0 Å². The van der Waals surface area contributed by atoms with Crippen LogP contribution in [0.2, 0.25) is 0 Å². The maximum Gasteiger partial charge on any atom is 0.405 e. The highest BCUT2D eigenvalue weighted by Crippen LogP contribution is 2.31. The first-order valence-corrected chi connectivity index (χ1v) is 9.40. The molecule has 1 atom stereocenters. The number of hydrogen-bond acceptors (Lipinski definition) is 3. The Morgan fingerprint density at radius 3 is 2.33 bits per heavy atom. The fourth-order valence-electron chi connectivity index (χ4n) is 4.03. The van der Waals surface area contributed by atoms with Gasteiger partial charge in [0, 0.05) is 19.6 Å². The molecule has 0 aromatic carbocycles. The van der Waals surface area contributed by atoms with E-state index < -0.39 is 12.2 Å². The maximum atomic E-state index is 13.0. The second-order valence-corrected chi connectivity index (χ2v) is 7.81. The lowest BCUT2D eigenvalue weighted by molar-refractivity contribution is -0.193. The molecule has 1 saturated heterocycles. The first-order valence-electron chi connectivity index (χ1n) is 9.40. The summed E-state index contributed by atoms with van der Waals surface area (Å²) in [5.74, 6) is 0.725. The lowest BCUT2D eigenvalue weighted by Gasteiger charge is -2.40. The van der Waals surface area contributed by atoms with E-state index in [9.17, 15) is 13.2 Å². The van der Waals surface area contributed by atoms with E-state index in [2.05, 4.69) is 13.8 Å². The van der Waals surface area contributed by atoms with Crippen LogP contribution in [-0.2, 0) is 4.74 Å². The predicted octanol–water partition coefficient (Wildman–Crippen LogP) is 3.93. The predicted molar refractivity (Wildman–Crippen MR) is 90.1 cm³/mol. The van der Waals surface area contributed by atoms with E-state index >= 15 is 0 Å². The van der Waals surface area contributed by atoms with Crippen LogP contribution in [0.15, 0.2) is 0 Å². The minimum Gasteiger partial charge on any atom is -0.376 e. The SMILES string of the molecule is CC(C)OC1CCC(CCCN2CCN(C)[C@@H](C(F)(F)F)C2)CC1. The van der Waals surface area contributed by atoms with Crippen molar-refractivity contribution in [1.29, 1.82) is 0 Å². The minimum absolute atomic E-state index is 0.120. The van der Waals surface area contributed by atoms with E-state index in [1.165, 1.54) is 17.7 Å². The van der Waals surface area contributed by atoms with Crippen molar-refractivity contribution in [3.8, 4) is 0 Å². The van der Waals surface area contributed by atoms with Gasteiger partial charge in [-0.15, -0.1) is 0 Å². The topological polar surface area (TPSA) is 15.7 Å². The molecule has 142 valence electrons. The summed E-state index contributed by atoms with van der Waals surface area (Å²) in [4.78, 5) is 3.43. The Hall–Kier alpha value is -0.330. The molecule has 1 saturated carbocycles. The van der Waals surface area contributed by atoms with Gasteiger partial charge in [-0.3, -0.25) is 4.90 Å². The zero-order chi connectivity index (χ0) is 17.7. The van der Waals surface area contributed by atoms with Gasteiger partial charge in [-0.25, -0.2) is 0 Å². The highest BCUT2D eigenvalue weighted by atomic mass is 19.4. The van der Waals surface area contributed by atoms with Gasteiger partial charge in [-0.1, -0.05) is 0 Å². The van der Waals surface area contributed by atoms with Crippen LogP contribution in [0, 0.1) is 5.92 Å². The Kier molecular flexibility index (Phi) is 7.38. The van der Waals surface area contributed by atoms with Crippen molar-refractivity contribution in [1.82, 2.24) is 9.80 Å². The summed E-state index contributed by atoms with van der Waals surface area (Å²) in [6.07, 6.45) is 3.39. The van der Waals surface area contributed by atoms with Gasteiger partial charge in [-0.05, 0) is 71.9 Å². The summed E-state index contributed by atoms with van der Waals surface area (Å²) in [7, 11) is 1.58. The standard InChI is InChI=1S/C18H33F3N2O/c1-14(2)24-16-8-6-15(7-9-16)5-4-10-23-12-11-22(3)17(13-23)18(19,20)21/h14-17H,4-13H2,1-3H3/t15?,16?,17-/m1/s1. The molecule has 1 aliphatic heterocycles. The fraction of sp³-hybridized carbons (Fsp3) is 1.00. The number of piperazine rings is 1. The minimum atomic E-state index is -4.12. The molecule has 24 heavy (non-hydrogen) atoms. The van der Waals surface area contributed by atoms with Gasteiger partial charge >= 0.3 is 6.18 Å². The molecule has 0 aromatic heterocycles. The summed E-state index contributed by atoms with van der Waals surface area (Å²) < 4.78 is 44.9. The number of alkyl halides is 3. The molecule has 0 radical (unpaired) electrons. The monoisotopic (exact) mass is 350 g/mol. The van der Waals surface area contributed by atoms with Crippen molar-refractivity contribution >= 4 is 0 Å². The van der Waals surface area contributed by atoms with E-state index in [0.717, 1.165) is 44.7 Å². The second-order valence-electron chi connectivity index (χ2n) is 7.81. The number of halogens is 3. The highest BCUT2D eigenvalue weighted by molar-refractivity contribution is 4.85. The van der Waals surface area contributed by atoms with E-state index in [4.69, 9.17) is 4.74 Å². The molecule has 2 aliphatic rings. The molecular formula is C18H33F3N2O. The average molecular weight is 350 g/mol. The van der Waals surface area contributed by atoms with Crippen LogP contribution >= 0.6 is 0 Å². The molecular weight excluding hydrogens is 317 g/mol. The lowest BCUT2D eigenvalue weighted by atomic mass is 9.84. The fourth-order valence-corrected chi connectivity index (χ4v) is 4.03. The smallest absolute Gasteiger partial charge is 0.376 e. The van der Waals surface area contributed by atoms with Crippen LogP contribution < -0.4 is 0 Å². The summed E-state index contributed by atoms with van der Waals surface area (Å²) in [5.41, 5.74) is 0. The first kappa shape index (κ1) is 20.0. The van der Waals surface area contributed by atoms with Crippen LogP contribution in [0.3, 0.4) is 0 Å². The van der Waals surface area contributed by atoms with Crippen LogP contribution in [0.4, 0.5) is 13.2 Å². The average Bonchev–Trinajstić information content (AvgIpc) is 2.49. The largest absolute Gasteiger partial charge is 0.405 e. The Morgan fingerprint density at radius 2 is 1.75 bits per heavy atom. The molecule has 0 spiro atoms. The first-order chi connectivity index (χ1) is 11.3. The van der Waals surface area contributed by atoms with Crippen molar-refractivity contribution in [2.24, 2.45) is 5.92 Å². The van der Waals surface area contributed by atoms with Gasteiger partial charge in [-0.2, -0.15) is 13.2 Å². The van der Waals surface area contributed by atoms with Gasteiger partial charge in [0.05, 0.1) is 12.2 Å². The second kappa shape index (κ2) is 8.86.